The number of hydrogen-bond acceptors (Lipinski definition) is 6. The molecule has 0 aliphatic carbocycles. The van der Waals surface area contributed by atoms with Crippen LogP contribution >= 0.6 is 11.3 Å². The summed E-state index contributed by atoms with van der Waals surface area (Å²) in [5.41, 5.74) is -0.0229. The number of alkyl halides is 2. The van der Waals surface area contributed by atoms with E-state index >= 15 is 0 Å². The minimum Gasteiger partial charge on any atom is -0.350 e. The number of rotatable bonds is 6. The normalized spacial score (nSPS) is 16.2. The summed E-state index contributed by atoms with van der Waals surface area (Å²) in [6, 6.07) is 16.3. The second-order valence-corrected chi connectivity index (χ2v) is 9.02. The molecule has 2 aromatic carbocycles. The summed E-state index contributed by atoms with van der Waals surface area (Å²) in [6.45, 7) is 0.983. The zero-order chi connectivity index (χ0) is 23.7. The first-order valence-corrected chi connectivity index (χ1v) is 11.7. The summed E-state index contributed by atoms with van der Waals surface area (Å²) < 4.78 is 30.0. The Bertz CT molecular complexity index is 1370. The number of amides is 1. The van der Waals surface area contributed by atoms with E-state index in [2.05, 4.69) is 20.3 Å². The number of aromatic amines is 1. The number of benzene rings is 2. The van der Waals surface area contributed by atoms with Crippen molar-refractivity contribution in [2.75, 3.05) is 11.4 Å². The Morgan fingerprint density at radius 3 is 2.56 bits per heavy atom. The van der Waals surface area contributed by atoms with Gasteiger partial charge in [0, 0.05) is 18.7 Å². The van der Waals surface area contributed by atoms with Crippen LogP contribution in [0, 0.1) is 0 Å². The first-order valence-electron chi connectivity index (χ1n) is 10.9. The summed E-state index contributed by atoms with van der Waals surface area (Å²) in [5, 5.41) is 3.37. The lowest BCUT2D eigenvalue weighted by Gasteiger charge is -2.23. The van der Waals surface area contributed by atoms with Crippen LogP contribution in [-0.2, 0) is 17.3 Å². The van der Waals surface area contributed by atoms with Gasteiger partial charge in [0.1, 0.15) is 6.04 Å². The number of carbonyl (C=O) groups is 1. The van der Waals surface area contributed by atoms with Gasteiger partial charge >= 0.3 is 5.92 Å². The minimum atomic E-state index is -3.47. The van der Waals surface area contributed by atoms with Crippen LogP contribution in [0.3, 0.4) is 0 Å². The third-order valence-corrected chi connectivity index (χ3v) is 6.79. The van der Waals surface area contributed by atoms with Gasteiger partial charge in [0.2, 0.25) is 5.91 Å². The number of H-pyrrole nitrogens is 1. The van der Waals surface area contributed by atoms with E-state index < -0.39 is 23.3 Å². The van der Waals surface area contributed by atoms with Crippen LogP contribution in [0.1, 0.15) is 29.8 Å². The summed E-state index contributed by atoms with van der Waals surface area (Å²) in [6.07, 6.45) is 1.41. The molecule has 1 fully saturated rings. The largest absolute Gasteiger partial charge is 0.350 e. The molecule has 3 heterocycles. The van der Waals surface area contributed by atoms with Crippen LogP contribution in [0.15, 0.2) is 65.5 Å². The average Bonchev–Trinajstić information content (AvgIpc) is 3.51. The summed E-state index contributed by atoms with van der Waals surface area (Å²) >= 11 is 1.04. The molecule has 174 valence electrons. The number of fused-ring (bicyclic) bond motifs is 1. The fraction of sp³-hybridized carbons (Fsp3) is 0.250. The molecule has 1 saturated heterocycles. The molecule has 1 atom stereocenters. The topological polar surface area (TPSA) is 91.0 Å². The van der Waals surface area contributed by atoms with Crippen LogP contribution in [0.2, 0.25) is 0 Å². The average molecular weight is 482 g/mol. The maximum Gasteiger partial charge on any atom is 0.330 e. The Kier molecular flexibility index (Phi) is 5.82. The maximum atomic E-state index is 15.0. The lowest BCUT2D eigenvalue weighted by Crippen LogP contribution is -2.43. The van der Waals surface area contributed by atoms with Gasteiger partial charge in [-0.3, -0.25) is 9.59 Å². The predicted molar refractivity (Wildman–Crippen MR) is 126 cm³/mol. The van der Waals surface area contributed by atoms with E-state index in [0.29, 0.717) is 24.6 Å². The van der Waals surface area contributed by atoms with Gasteiger partial charge in [-0.1, -0.05) is 72.0 Å². The van der Waals surface area contributed by atoms with Gasteiger partial charge in [-0.2, -0.15) is 8.78 Å². The molecule has 10 heteroatoms. The summed E-state index contributed by atoms with van der Waals surface area (Å²) in [5.74, 6) is -4.34. The van der Waals surface area contributed by atoms with Crippen molar-refractivity contribution in [3.63, 3.8) is 0 Å². The van der Waals surface area contributed by atoms with Crippen molar-refractivity contribution in [1.29, 1.82) is 0 Å². The molecule has 34 heavy (non-hydrogen) atoms. The standard InChI is InChI=1S/C24H21F2N5O2S/c25-24(26,16-10-5-2-6-11-16)22-29-20(33)18-21(30-22)34-23(28-18)31-13-7-12-17(31)19(32)27-14-15-8-3-1-4-9-15/h1-6,8-11,17H,7,12-14H2,(H,27,32)(H,29,30,33). The van der Waals surface area contributed by atoms with Crippen molar-refractivity contribution in [2.45, 2.75) is 31.4 Å². The zero-order valence-corrected chi connectivity index (χ0v) is 18.8. The first kappa shape index (κ1) is 22.1. The monoisotopic (exact) mass is 481 g/mol. The lowest BCUT2D eigenvalue weighted by atomic mass is 10.1. The molecule has 0 radical (unpaired) electrons. The molecule has 2 N–H and O–H groups in total. The Morgan fingerprint density at radius 2 is 1.82 bits per heavy atom. The number of nitrogens with one attached hydrogen (secondary N) is 2. The van der Waals surface area contributed by atoms with Crippen molar-refractivity contribution < 1.29 is 13.6 Å². The SMILES string of the molecule is O=C(NCc1ccccc1)C1CCCN1c1nc2c(=O)[nH]c(C(F)(F)c3ccccc3)nc2s1. The van der Waals surface area contributed by atoms with E-state index in [1.54, 1.807) is 6.07 Å². The fourth-order valence-corrected chi connectivity index (χ4v) is 5.07. The minimum absolute atomic E-state index is 0.0112. The van der Waals surface area contributed by atoms with E-state index in [4.69, 9.17) is 0 Å². The number of nitrogens with zero attached hydrogens (tertiary/aromatic N) is 3. The van der Waals surface area contributed by atoms with Crippen molar-refractivity contribution in [3.05, 3.63) is 88.0 Å². The highest BCUT2D eigenvalue weighted by Gasteiger charge is 2.38. The molecule has 0 bridgehead atoms. The van der Waals surface area contributed by atoms with E-state index in [1.807, 2.05) is 35.2 Å². The van der Waals surface area contributed by atoms with E-state index in [0.717, 1.165) is 23.3 Å². The molecular formula is C24H21F2N5O2S. The third kappa shape index (κ3) is 4.16. The van der Waals surface area contributed by atoms with Gasteiger partial charge in [-0.15, -0.1) is 0 Å². The van der Waals surface area contributed by atoms with E-state index in [-0.39, 0.29) is 21.8 Å². The van der Waals surface area contributed by atoms with E-state index in [1.165, 1.54) is 24.3 Å². The van der Waals surface area contributed by atoms with Crippen LogP contribution < -0.4 is 15.8 Å². The van der Waals surface area contributed by atoms with Crippen LogP contribution in [-0.4, -0.2) is 33.4 Å². The van der Waals surface area contributed by atoms with Gasteiger partial charge < -0.3 is 15.2 Å². The van der Waals surface area contributed by atoms with Gasteiger partial charge in [0.25, 0.3) is 5.56 Å². The van der Waals surface area contributed by atoms with Gasteiger partial charge in [0.15, 0.2) is 21.3 Å². The highest BCUT2D eigenvalue weighted by molar-refractivity contribution is 7.21. The Hall–Kier alpha value is -3.66. The van der Waals surface area contributed by atoms with Crippen LogP contribution in [0.5, 0.6) is 0 Å². The van der Waals surface area contributed by atoms with Gasteiger partial charge in [-0.05, 0) is 18.4 Å². The number of hydrogen-bond donors (Lipinski definition) is 2. The summed E-state index contributed by atoms with van der Waals surface area (Å²) in [4.78, 5) is 38.0. The molecular weight excluding hydrogens is 460 g/mol. The fourth-order valence-electron chi connectivity index (χ4n) is 4.05. The van der Waals surface area contributed by atoms with Crippen molar-refractivity contribution in [3.8, 4) is 0 Å². The zero-order valence-electron chi connectivity index (χ0n) is 18.0. The molecule has 5 rings (SSSR count). The van der Waals surface area contributed by atoms with Crippen LogP contribution in [0.4, 0.5) is 13.9 Å². The predicted octanol–water partition coefficient (Wildman–Crippen LogP) is 3.80. The number of halogens is 2. The van der Waals surface area contributed by atoms with Crippen molar-refractivity contribution in [1.82, 2.24) is 20.3 Å². The Balaban J connectivity index is 1.41. The number of thiazole rings is 1. The second kappa shape index (κ2) is 8.94. The molecule has 7 nitrogen and oxygen atoms in total. The molecule has 1 aliphatic heterocycles. The van der Waals surface area contributed by atoms with Crippen LogP contribution in [0.25, 0.3) is 10.3 Å². The van der Waals surface area contributed by atoms with E-state index in [9.17, 15) is 18.4 Å². The number of anilines is 1. The molecule has 1 unspecified atom stereocenters. The molecule has 1 amide bonds. The number of carbonyl (C=O) groups excluding carboxylic acids is 1. The molecule has 4 aromatic rings. The third-order valence-electron chi connectivity index (χ3n) is 5.80. The van der Waals surface area contributed by atoms with Crippen molar-refractivity contribution >= 4 is 32.7 Å². The first-order chi connectivity index (χ1) is 16.4. The maximum absolute atomic E-state index is 15.0. The second-order valence-electron chi connectivity index (χ2n) is 8.06. The van der Waals surface area contributed by atoms with Gasteiger partial charge in [-0.25, -0.2) is 9.97 Å². The molecule has 1 aliphatic rings. The Morgan fingerprint density at radius 1 is 1.12 bits per heavy atom. The Labute approximate surface area is 197 Å². The quantitative estimate of drug-likeness (QED) is 0.437. The summed E-state index contributed by atoms with van der Waals surface area (Å²) in [7, 11) is 0. The molecule has 0 saturated carbocycles. The van der Waals surface area contributed by atoms with Gasteiger partial charge in [0.05, 0.1) is 0 Å². The number of aromatic nitrogens is 3. The molecule has 0 spiro atoms. The highest BCUT2D eigenvalue weighted by atomic mass is 32.1. The highest BCUT2D eigenvalue weighted by Crippen LogP contribution is 2.35. The smallest absolute Gasteiger partial charge is 0.330 e. The molecule has 2 aromatic heterocycles. The lowest BCUT2D eigenvalue weighted by molar-refractivity contribution is -0.122. The van der Waals surface area contributed by atoms with Crippen molar-refractivity contribution in [2.24, 2.45) is 0 Å².